The maximum Gasteiger partial charge on any atom is 0.346 e. The predicted octanol–water partition coefficient (Wildman–Crippen LogP) is 2.57. The van der Waals surface area contributed by atoms with Gasteiger partial charge in [-0.15, -0.1) is 22.7 Å². The first kappa shape index (κ1) is 8.40. The van der Waals surface area contributed by atoms with Crippen molar-refractivity contribution in [3.05, 3.63) is 27.2 Å². The summed E-state index contributed by atoms with van der Waals surface area (Å²) in [7, 11) is 0. The van der Waals surface area contributed by atoms with Gasteiger partial charge < -0.3 is 5.11 Å². The minimum absolute atomic E-state index is 0.353. The standard InChI is InChI=1S/C8H5NO2S2/c10-8(11)7-5(1-2-13-7)6-3-12-4-9-6/h1-4H,(H,10,11). The molecule has 0 aliphatic heterocycles. The third-order valence-corrected chi connectivity index (χ3v) is 3.06. The Morgan fingerprint density at radius 3 is 3.00 bits per heavy atom. The zero-order valence-corrected chi connectivity index (χ0v) is 8.06. The van der Waals surface area contributed by atoms with Crippen molar-refractivity contribution < 1.29 is 9.90 Å². The number of carbonyl (C=O) groups is 1. The third kappa shape index (κ3) is 1.48. The molecule has 2 rings (SSSR count). The Kier molecular flexibility index (Phi) is 2.12. The number of aromatic nitrogens is 1. The first-order valence-corrected chi connectivity index (χ1v) is 5.30. The molecule has 0 aliphatic carbocycles. The quantitative estimate of drug-likeness (QED) is 0.830. The Hall–Kier alpha value is -1.20. The van der Waals surface area contributed by atoms with Crippen molar-refractivity contribution in [2.75, 3.05) is 0 Å². The molecule has 0 amide bonds. The number of nitrogens with zero attached hydrogens (tertiary/aromatic N) is 1. The van der Waals surface area contributed by atoms with Crippen molar-refractivity contribution in [1.82, 2.24) is 4.98 Å². The molecule has 0 unspecified atom stereocenters. The second-order valence-electron chi connectivity index (χ2n) is 2.34. The predicted molar refractivity (Wildman–Crippen MR) is 52.4 cm³/mol. The lowest BCUT2D eigenvalue weighted by Crippen LogP contribution is -1.94. The Morgan fingerprint density at radius 1 is 1.54 bits per heavy atom. The summed E-state index contributed by atoms with van der Waals surface area (Å²) in [6.45, 7) is 0. The van der Waals surface area contributed by atoms with E-state index in [1.165, 1.54) is 22.7 Å². The second-order valence-corrected chi connectivity index (χ2v) is 3.98. The van der Waals surface area contributed by atoms with E-state index in [-0.39, 0.29) is 0 Å². The Morgan fingerprint density at radius 2 is 2.38 bits per heavy atom. The van der Waals surface area contributed by atoms with E-state index in [9.17, 15) is 4.79 Å². The van der Waals surface area contributed by atoms with E-state index < -0.39 is 5.97 Å². The van der Waals surface area contributed by atoms with Gasteiger partial charge in [-0.05, 0) is 11.4 Å². The van der Waals surface area contributed by atoms with Gasteiger partial charge in [0.1, 0.15) is 4.88 Å². The van der Waals surface area contributed by atoms with Crippen LogP contribution >= 0.6 is 22.7 Å². The topological polar surface area (TPSA) is 50.2 Å². The Balaban J connectivity index is 2.52. The number of hydrogen-bond acceptors (Lipinski definition) is 4. The lowest BCUT2D eigenvalue weighted by Gasteiger charge is -1.93. The van der Waals surface area contributed by atoms with E-state index in [4.69, 9.17) is 5.11 Å². The first-order valence-electron chi connectivity index (χ1n) is 3.48. The molecule has 0 saturated heterocycles. The smallest absolute Gasteiger partial charge is 0.346 e. The van der Waals surface area contributed by atoms with Crippen molar-refractivity contribution in [2.24, 2.45) is 0 Å². The van der Waals surface area contributed by atoms with Gasteiger partial charge in [-0.1, -0.05) is 0 Å². The monoisotopic (exact) mass is 211 g/mol. The average molecular weight is 211 g/mol. The molecule has 13 heavy (non-hydrogen) atoms. The molecule has 5 heteroatoms. The second kappa shape index (κ2) is 3.27. The highest BCUT2D eigenvalue weighted by Gasteiger charge is 2.13. The minimum atomic E-state index is -0.891. The van der Waals surface area contributed by atoms with Crippen LogP contribution in [0.25, 0.3) is 11.3 Å². The molecule has 2 aromatic heterocycles. The van der Waals surface area contributed by atoms with Gasteiger partial charge in [0.05, 0.1) is 11.2 Å². The van der Waals surface area contributed by atoms with Crippen LogP contribution < -0.4 is 0 Å². The van der Waals surface area contributed by atoms with E-state index in [1.54, 1.807) is 17.0 Å². The highest BCUT2D eigenvalue weighted by Crippen LogP contribution is 2.27. The maximum absolute atomic E-state index is 10.8. The molecule has 0 aliphatic rings. The molecular weight excluding hydrogens is 206 g/mol. The summed E-state index contributed by atoms with van der Waals surface area (Å²) in [6.07, 6.45) is 0. The van der Waals surface area contributed by atoms with Crippen LogP contribution in [0.5, 0.6) is 0 Å². The van der Waals surface area contributed by atoms with Crippen molar-refractivity contribution >= 4 is 28.6 Å². The molecule has 0 saturated carbocycles. The van der Waals surface area contributed by atoms with Gasteiger partial charge in [0.2, 0.25) is 0 Å². The summed E-state index contributed by atoms with van der Waals surface area (Å²) in [5, 5.41) is 12.4. The fourth-order valence-electron chi connectivity index (χ4n) is 1.02. The van der Waals surface area contributed by atoms with Crippen LogP contribution in [0.3, 0.4) is 0 Å². The van der Waals surface area contributed by atoms with E-state index in [0.717, 1.165) is 5.69 Å². The van der Waals surface area contributed by atoms with E-state index in [1.807, 2.05) is 5.38 Å². The van der Waals surface area contributed by atoms with Gasteiger partial charge in [0, 0.05) is 10.9 Å². The molecule has 3 nitrogen and oxygen atoms in total. The van der Waals surface area contributed by atoms with Gasteiger partial charge in [0.25, 0.3) is 0 Å². The van der Waals surface area contributed by atoms with Crippen LogP contribution in [0, 0.1) is 0 Å². The normalized spacial score (nSPS) is 10.2. The fourth-order valence-corrected chi connectivity index (χ4v) is 2.31. The first-order chi connectivity index (χ1) is 6.29. The number of rotatable bonds is 2. The summed E-state index contributed by atoms with van der Waals surface area (Å²) >= 11 is 2.68. The Bertz CT molecular complexity index is 419. The number of hydrogen-bond donors (Lipinski definition) is 1. The Labute approximate surface area is 82.3 Å². The van der Waals surface area contributed by atoms with Crippen LogP contribution in [0.1, 0.15) is 9.67 Å². The van der Waals surface area contributed by atoms with Gasteiger partial charge in [-0.3, -0.25) is 0 Å². The molecule has 1 N–H and O–H groups in total. The molecule has 0 bridgehead atoms. The van der Waals surface area contributed by atoms with Crippen LogP contribution in [-0.2, 0) is 0 Å². The number of thiazole rings is 1. The highest BCUT2D eigenvalue weighted by atomic mass is 32.1. The molecule has 2 heterocycles. The van der Waals surface area contributed by atoms with Crippen LogP contribution in [0.15, 0.2) is 22.3 Å². The lowest BCUT2D eigenvalue weighted by molar-refractivity contribution is 0.0703. The minimum Gasteiger partial charge on any atom is -0.477 e. The van der Waals surface area contributed by atoms with Crippen molar-refractivity contribution in [3.63, 3.8) is 0 Å². The summed E-state index contributed by atoms with van der Waals surface area (Å²) < 4.78 is 0. The SMILES string of the molecule is O=C(O)c1sccc1-c1cscn1. The van der Waals surface area contributed by atoms with Crippen molar-refractivity contribution in [1.29, 1.82) is 0 Å². The third-order valence-electron chi connectivity index (χ3n) is 1.57. The summed E-state index contributed by atoms with van der Waals surface area (Å²) in [6, 6.07) is 1.78. The number of aromatic carboxylic acids is 1. The maximum atomic E-state index is 10.8. The van der Waals surface area contributed by atoms with Gasteiger partial charge in [-0.25, -0.2) is 9.78 Å². The van der Waals surface area contributed by atoms with Gasteiger partial charge >= 0.3 is 5.97 Å². The van der Waals surface area contributed by atoms with Gasteiger partial charge in [0.15, 0.2) is 0 Å². The number of thiophene rings is 1. The van der Waals surface area contributed by atoms with E-state index >= 15 is 0 Å². The zero-order valence-electron chi connectivity index (χ0n) is 6.43. The molecule has 2 aromatic rings. The van der Waals surface area contributed by atoms with Crippen molar-refractivity contribution in [2.45, 2.75) is 0 Å². The van der Waals surface area contributed by atoms with Crippen molar-refractivity contribution in [3.8, 4) is 11.3 Å². The highest BCUT2D eigenvalue weighted by molar-refractivity contribution is 7.12. The molecule has 0 radical (unpaired) electrons. The van der Waals surface area contributed by atoms with Crippen LogP contribution in [0.2, 0.25) is 0 Å². The number of carboxylic acid groups (broad SMARTS) is 1. The molecule has 0 atom stereocenters. The summed E-state index contributed by atoms with van der Waals surface area (Å²) in [5.74, 6) is -0.891. The molecule has 0 aromatic carbocycles. The average Bonchev–Trinajstić information content (AvgIpc) is 2.74. The summed E-state index contributed by atoms with van der Waals surface area (Å²) in [5.41, 5.74) is 3.14. The van der Waals surface area contributed by atoms with E-state index in [0.29, 0.717) is 10.4 Å². The van der Waals surface area contributed by atoms with E-state index in [2.05, 4.69) is 4.98 Å². The van der Waals surface area contributed by atoms with Crippen LogP contribution in [0.4, 0.5) is 0 Å². The summed E-state index contributed by atoms with van der Waals surface area (Å²) in [4.78, 5) is 15.2. The molecule has 66 valence electrons. The zero-order chi connectivity index (χ0) is 9.26. The number of carboxylic acids is 1. The van der Waals surface area contributed by atoms with Crippen LogP contribution in [-0.4, -0.2) is 16.1 Å². The molecule has 0 fully saturated rings. The molecular formula is C8H5NO2S2. The lowest BCUT2D eigenvalue weighted by atomic mass is 10.2. The largest absolute Gasteiger partial charge is 0.477 e. The van der Waals surface area contributed by atoms with Gasteiger partial charge in [-0.2, -0.15) is 0 Å². The molecule has 0 spiro atoms. The fraction of sp³-hybridized carbons (Fsp3) is 0.